The van der Waals surface area contributed by atoms with Crippen LogP contribution < -0.4 is 14.8 Å². The van der Waals surface area contributed by atoms with Gasteiger partial charge in [0.05, 0.1) is 4.47 Å². The van der Waals surface area contributed by atoms with Gasteiger partial charge in [0.15, 0.2) is 11.5 Å². The highest BCUT2D eigenvalue weighted by molar-refractivity contribution is 9.10. The number of carbonyl (C=O) groups excluding carboxylic acids is 1. The van der Waals surface area contributed by atoms with Gasteiger partial charge in [-0.15, -0.1) is 0 Å². The quantitative estimate of drug-likeness (QED) is 0.824. The highest BCUT2D eigenvalue weighted by Gasteiger charge is 2.18. The second-order valence-electron chi connectivity index (χ2n) is 5.33. The van der Waals surface area contributed by atoms with E-state index in [4.69, 9.17) is 9.47 Å². The first-order valence-electron chi connectivity index (χ1n) is 7.30. The van der Waals surface area contributed by atoms with E-state index in [1.54, 1.807) is 0 Å². The van der Waals surface area contributed by atoms with Gasteiger partial charge in [-0.05, 0) is 46.5 Å². The molecule has 1 aromatic rings. The van der Waals surface area contributed by atoms with Crippen LogP contribution >= 0.6 is 15.9 Å². The lowest BCUT2D eigenvalue weighted by Gasteiger charge is -2.15. The fraction of sp³-hybridized carbons (Fsp3) is 0.533. The fourth-order valence-electron chi connectivity index (χ4n) is 2.68. The molecule has 0 spiro atoms. The van der Waals surface area contributed by atoms with Crippen LogP contribution in [0.1, 0.15) is 24.8 Å². The van der Waals surface area contributed by atoms with Crippen LogP contribution in [0.2, 0.25) is 0 Å². The Balaban J connectivity index is 1.45. The summed E-state index contributed by atoms with van der Waals surface area (Å²) in [4.78, 5) is 13.9. The van der Waals surface area contributed by atoms with E-state index in [9.17, 15) is 4.79 Å². The number of amides is 1. The smallest absolute Gasteiger partial charge is 0.231 e. The molecule has 2 aliphatic heterocycles. The van der Waals surface area contributed by atoms with Crippen molar-refractivity contribution in [3.8, 4) is 11.5 Å². The predicted octanol–water partition coefficient (Wildman–Crippen LogP) is 2.28. The molecule has 1 saturated heterocycles. The molecule has 2 aliphatic rings. The second-order valence-corrected chi connectivity index (χ2v) is 6.18. The first kappa shape index (κ1) is 14.7. The molecule has 0 atom stereocenters. The Morgan fingerprint density at radius 1 is 1.29 bits per heavy atom. The number of benzene rings is 1. The van der Waals surface area contributed by atoms with Crippen molar-refractivity contribution in [2.75, 3.05) is 26.4 Å². The molecular formula is C15H19BrN2O3. The molecule has 5 nitrogen and oxygen atoms in total. The van der Waals surface area contributed by atoms with Gasteiger partial charge in [0.25, 0.3) is 0 Å². The van der Waals surface area contributed by atoms with E-state index in [-0.39, 0.29) is 12.7 Å². The Kier molecular flexibility index (Phi) is 4.65. The fourth-order valence-corrected chi connectivity index (χ4v) is 3.28. The predicted molar refractivity (Wildman–Crippen MR) is 82.4 cm³/mol. The molecular weight excluding hydrogens is 336 g/mol. The molecule has 0 bridgehead atoms. The first-order chi connectivity index (χ1) is 10.2. The van der Waals surface area contributed by atoms with Gasteiger partial charge in [-0.2, -0.15) is 0 Å². The summed E-state index contributed by atoms with van der Waals surface area (Å²) in [6, 6.07) is 3.99. The van der Waals surface area contributed by atoms with Gasteiger partial charge in [-0.25, -0.2) is 0 Å². The largest absolute Gasteiger partial charge is 0.454 e. The van der Waals surface area contributed by atoms with Crippen LogP contribution in [-0.4, -0.2) is 37.2 Å². The summed E-state index contributed by atoms with van der Waals surface area (Å²) in [6.45, 7) is 3.53. The minimum Gasteiger partial charge on any atom is -0.454 e. The second kappa shape index (κ2) is 6.66. The summed E-state index contributed by atoms with van der Waals surface area (Å²) in [6.07, 6.45) is 2.85. The summed E-state index contributed by atoms with van der Waals surface area (Å²) < 4.78 is 11.7. The molecule has 0 unspecified atom stereocenters. The Hall–Kier alpha value is -1.27. The summed E-state index contributed by atoms with van der Waals surface area (Å²) in [5, 5.41) is 3.31. The number of fused-ring (bicyclic) bond motifs is 1. The van der Waals surface area contributed by atoms with Crippen molar-refractivity contribution < 1.29 is 14.3 Å². The molecule has 1 amide bonds. The summed E-state index contributed by atoms with van der Waals surface area (Å²) in [5.41, 5.74) is 1.11. The minimum absolute atomic E-state index is 0.256. The van der Waals surface area contributed by atoms with E-state index in [0.29, 0.717) is 19.5 Å². The Morgan fingerprint density at radius 2 is 2.10 bits per heavy atom. The van der Waals surface area contributed by atoms with E-state index in [1.165, 1.54) is 0 Å². The summed E-state index contributed by atoms with van der Waals surface area (Å²) in [7, 11) is 0. The maximum Gasteiger partial charge on any atom is 0.231 e. The molecule has 2 heterocycles. The summed E-state index contributed by atoms with van der Waals surface area (Å²) in [5.74, 6) is 1.80. The maximum atomic E-state index is 11.9. The van der Waals surface area contributed by atoms with Crippen molar-refractivity contribution in [1.82, 2.24) is 10.2 Å². The molecule has 114 valence electrons. The first-order valence-corrected chi connectivity index (χ1v) is 8.10. The zero-order valence-corrected chi connectivity index (χ0v) is 13.4. The Bertz CT molecular complexity index is 530. The van der Waals surface area contributed by atoms with Gasteiger partial charge in [-0.3, -0.25) is 4.79 Å². The number of hydrogen-bond acceptors (Lipinski definition) is 4. The van der Waals surface area contributed by atoms with Crippen LogP contribution in [0.3, 0.4) is 0 Å². The molecule has 21 heavy (non-hydrogen) atoms. The molecule has 1 aromatic carbocycles. The van der Waals surface area contributed by atoms with Crippen molar-refractivity contribution in [3.05, 3.63) is 22.2 Å². The maximum absolute atomic E-state index is 11.9. The van der Waals surface area contributed by atoms with Gasteiger partial charge >= 0.3 is 0 Å². The van der Waals surface area contributed by atoms with Crippen molar-refractivity contribution >= 4 is 21.8 Å². The number of nitrogens with one attached hydrogen (secondary N) is 1. The number of nitrogens with zero attached hydrogens (tertiary/aromatic N) is 1. The lowest BCUT2D eigenvalue weighted by atomic mass is 10.2. The van der Waals surface area contributed by atoms with Gasteiger partial charge in [0.2, 0.25) is 12.7 Å². The van der Waals surface area contributed by atoms with Crippen molar-refractivity contribution in [2.24, 2.45) is 0 Å². The highest BCUT2D eigenvalue weighted by Crippen LogP contribution is 2.39. The van der Waals surface area contributed by atoms with Crippen LogP contribution in [0.4, 0.5) is 0 Å². The molecule has 1 N–H and O–H groups in total. The van der Waals surface area contributed by atoms with E-state index < -0.39 is 0 Å². The third-order valence-corrected chi connectivity index (χ3v) is 4.38. The normalized spacial score (nSPS) is 16.5. The highest BCUT2D eigenvalue weighted by atomic mass is 79.9. The van der Waals surface area contributed by atoms with E-state index in [2.05, 4.69) is 21.2 Å². The standard InChI is InChI=1S/C15H19BrN2O3/c16-12-7-11(8-13-15(12)21-10-20-13)9-17-4-3-14(19)18-5-1-2-6-18/h7-8,17H,1-6,9-10H2. The van der Waals surface area contributed by atoms with Gasteiger partial charge in [-0.1, -0.05) is 0 Å². The lowest BCUT2D eigenvalue weighted by molar-refractivity contribution is -0.130. The SMILES string of the molecule is O=C(CCNCc1cc(Br)c2c(c1)OCO2)N1CCCC1. The zero-order valence-electron chi connectivity index (χ0n) is 11.9. The number of hydrogen-bond donors (Lipinski definition) is 1. The van der Waals surface area contributed by atoms with Crippen LogP contribution in [0, 0.1) is 0 Å². The van der Waals surface area contributed by atoms with Crippen molar-refractivity contribution in [3.63, 3.8) is 0 Å². The lowest BCUT2D eigenvalue weighted by Crippen LogP contribution is -2.30. The molecule has 3 rings (SSSR count). The number of carbonyl (C=O) groups is 1. The average molecular weight is 355 g/mol. The third-order valence-electron chi connectivity index (χ3n) is 3.79. The molecule has 0 aromatic heterocycles. The van der Waals surface area contributed by atoms with Crippen molar-refractivity contribution in [2.45, 2.75) is 25.8 Å². The Morgan fingerprint density at radius 3 is 2.90 bits per heavy atom. The van der Waals surface area contributed by atoms with E-state index in [1.807, 2.05) is 17.0 Å². The van der Waals surface area contributed by atoms with E-state index in [0.717, 1.165) is 47.5 Å². The zero-order chi connectivity index (χ0) is 14.7. The number of halogens is 1. The van der Waals surface area contributed by atoms with E-state index >= 15 is 0 Å². The van der Waals surface area contributed by atoms with Crippen molar-refractivity contribution in [1.29, 1.82) is 0 Å². The Labute approximate surface area is 132 Å². The van der Waals surface area contributed by atoms with Crippen LogP contribution in [0.15, 0.2) is 16.6 Å². The van der Waals surface area contributed by atoms with Gasteiger partial charge in [0.1, 0.15) is 0 Å². The minimum atomic E-state index is 0.256. The van der Waals surface area contributed by atoms with Crippen LogP contribution in [0.25, 0.3) is 0 Å². The molecule has 6 heteroatoms. The van der Waals surface area contributed by atoms with Gasteiger partial charge in [0, 0.05) is 32.6 Å². The number of likely N-dealkylation sites (tertiary alicyclic amines) is 1. The summed E-state index contributed by atoms with van der Waals surface area (Å²) >= 11 is 3.48. The average Bonchev–Trinajstić information content (AvgIpc) is 3.14. The molecule has 0 aliphatic carbocycles. The van der Waals surface area contributed by atoms with Gasteiger partial charge < -0.3 is 19.7 Å². The molecule has 1 fully saturated rings. The molecule has 0 radical (unpaired) electrons. The monoisotopic (exact) mass is 354 g/mol. The number of ether oxygens (including phenoxy) is 2. The topological polar surface area (TPSA) is 50.8 Å². The third kappa shape index (κ3) is 3.49. The molecule has 0 saturated carbocycles. The van der Waals surface area contributed by atoms with Crippen LogP contribution in [-0.2, 0) is 11.3 Å². The number of rotatable bonds is 5. The van der Waals surface area contributed by atoms with Crippen LogP contribution in [0.5, 0.6) is 11.5 Å².